The minimum absolute atomic E-state index is 0.0440. The van der Waals surface area contributed by atoms with Crippen LogP contribution in [0.2, 0.25) is 0 Å². The fourth-order valence-electron chi connectivity index (χ4n) is 4.64. The fourth-order valence-corrected chi connectivity index (χ4v) is 4.64. The lowest BCUT2D eigenvalue weighted by Gasteiger charge is -2.36. The van der Waals surface area contributed by atoms with Crippen molar-refractivity contribution in [2.45, 2.75) is 45.3 Å². The number of benzene rings is 1. The number of piperazine rings is 1. The molecule has 0 N–H and O–H groups in total. The number of nitrogens with zero attached hydrogens (tertiary/aromatic N) is 6. The summed E-state index contributed by atoms with van der Waals surface area (Å²) in [6, 6.07) is 6.27. The Hall–Kier alpha value is -3.69. The monoisotopic (exact) mass is 492 g/mol. The summed E-state index contributed by atoms with van der Waals surface area (Å²) in [5, 5.41) is 4.49. The van der Waals surface area contributed by atoms with Crippen LogP contribution in [0, 0.1) is 5.92 Å². The maximum Gasteiger partial charge on any atom is 0.410 e. The van der Waals surface area contributed by atoms with E-state index in [0.717, 1.165) is 53.9 Å². The van der Waals surface area contributed by atoms with E-state index in [9.17, 15) is 9.59 Å². The number of carbonyl (C=O) groups excluding carboxylic acids is 2. The lowest BCUT2D eigenvalue weighted by molar-refractivity contribution is -0.149. The molecule has 10 heteroatoms. The normalized spacial score (nSPS) is 20.2. The molecule has 1 aliphatic carbocycles. The first-order chi connectivity index (χ1) is 17.2. The summed E-state index contributed by atoms with van der Waals surface area (Å²) < 4.78 is 12.2. The summed E-state index contributed by atoms with van der Waals surface area (Å²) in [5.74, 6) is -0.196. The molecule has 1 aliphatic heterocycles. The van der Waals surface area contributed by atoms with Crippen molar-refractivity contribution in [2.24, 2.45) is 5.92 Å². The molecule has 1 aromatic carbocycles. The third kappa shape index (κ3) is 4.98. The molecule has 0 radical (unpaired) electrons. The number of fused-ring (bicyclic) bond motifs is 1. The number of hydrogen-bond donors (Lipinski definition) is 0. The highest BCUT2D eigenvalue weighted by Gasteiger charge is 2.37. The molecule has 0 unspecified atom stereocenters. The van der Waals surface area contributed by atoms with E-state index in [1.54, 1.807) is 17.3 Å². The van der Waals surface area contributed by atoms with Gasteiger partial charge in [-0.25, -0.2) is 9.78 Å². The van der Waals surface area contributed by atoms with Crippen molar-refractivity contribution in [1.82, 2.24) is 24.6 Å². The highest BCUT2D eigenvalue weighted by atomic mass is 16.6. The van der Waals surface area contributed by atoms with E-state index in [4.69, 9.17) is 14.5 Å². The molecule has 3 aromatic rings. The topological polar surface area (TPSA) is 103 Å². The molecule has 2 aliphatic rings. The molecule has 5 rings (SSSR count). The van der Waals surface area contributed by atoms with Crippen molar-refractivity contribution >= 4 is 28.8 Å². The Bertz CT molecular complexity index is 1270. The van der Waals surface area contributed by atoms with Crippen molar-refractivity contribution in [2.75, 3.05) is 38.2 Å². The molecule has 10 nitrogen and oxygen atoms in total. The van der Waals surface area contributed by atoms with E-state index in [-0.39, 0.29) is 24.0 Å². The molecule has 3 heterocycles. The van der Waals surface area contributed by atoms with Crippen molar-refractivity contribution in [3.8, 4) is 11.3 Å². The third-order valence-electron chi connectivity index (χ3n) is 6.74. The molecule has 2 fully saturated rings. The molecule has 36 heavy (non-hydrogen) atoms. The van der Waals surface area contributed by atoms with Crippen LogP contribution in [0.3, 0.4) is 0 Å². The van der Waals surface area contributed by atoms with E-state index in [0.29, 0.717) is 13.1 Å². The number of esters is 1. The van der Waals surface area contributed by atoms with Gasteiger partial charge in [0.2, 0.25) is 0 Å². The van der Waals surface area contributed by atoms with E-state index in [1.807, 2.05) is 49.8 Å². The minimum Gasteiger partial charge on any atom is -0.469 e. The van der Waals surface area contributed by atoms with Crippen LogP contribution in [0.4, 0.5) is 10.5 Å². The van der Waals surface area contributed by atoms with Gasteiger partial charge in [0.15, 0.2) is 0 Å². The molecule has 0 bridgehead atoms. The first-order valence-electron chi connectivity index (χ1n) is 12.3. The average Bonchev–Trinajstić information content (AvgIpc) is 3.31. The number of rotatable bonds is 4. The quantitative estimate of drug-likeness (QED) is 0.508. The first kappa shape index (κ1) is 24.0. The zero-order valence-corrected chi connectivity index (χ0v) is 21.2. The molecule has 0 spiro atoms. The standard InChI is InChI=1S/C26H32N6O4/c1-26(2,3)36-25(34)31-9-7-30(8-10-31)19-5-6-21-22(13-19)29-23(15-27-21)18-14-28-32(16-18)20-11-17(12-20)24(33)35-4/h5-6,13-17,20H,7-12H2,1-4H3. The number of amides is 1. The van der Waals surface area contributed by atoms with Gasteiger partial charge in [-0.2, -0.15) is 5.10 Å². The summed E-state index contributed by atoms with van der Waals surface area (Å²) in [4.78, 5) is 37.5. The molecular formula is C26H32N6O4. The SMILES string of the molecule is COC(=O)C1CC(n2cc(-c3cnc4ccc(N5CCN(C(=O)OC(C)(C)C)CC5)cc4n3)cn2)C1. The van der Waals surface area contributed by atoms with Crippen LogP contribution in [0.25, 0.3) is 22.3 Å². The van der Waals surface area contributed by atoms with Gasteiger partial charge in [0, 0.05) is 43.6 Å². The summed E-state index contributed by atoms with van der Waals surface area (Å²) in [5.41, 5.74) is 3.83. The average molecular weight is 493 g/mol. The molecule has 1 amide bonds. The minimum atomic E-state index is -0.497. The molecule has 0 atom stereocenters. The fraction of sp³-hybridized carbons (Fsp3) is 0.500. The summed E-state index contributed by atoms with van der Waals surface area (Å²) in [6.45, 7) is 8.29. The second-order valence-corrected chi connectivity index (χ2v) is 10.4. The first-order valence-corrected chi connectivity index (χ1v) is 12.3. The summed E-state index contributed by atoms with van der Waals surface area (Å²) >= 11 is 0. The third-order valence-corrected chi connectivity index (χ3v) is 6.74. The van der Waals surface area contributed by atoms with Gasteiger partial charge < -0.3 is 19.3 Å². The maximum atomic E-state index is 12.4. The maximum absolute atomic E-state index is 12.4. The van der Waals surface area contributed by atoms with Crippen LogP contribution in [-0.4, -0.2) is 75.6 Å². The van der Waals surface area contributed by atoms with Crippen LogP contribution in [-0.2, 0) is 14.3 Å². The summed E-state index contributed by atoms with van der Waals surface area (Å²) in [7, 11) is 1.43. The number of hydrogen-bond acceptors (Lipinski definition) is 8. The van der Waals surface area contributed by atoms with Crippen LogP contribution in [0.1, 0.15) is 39.7 Å². The Labute approximate surface area is 210 Å². The van der Waals surface area contributed by atoms with Crippen LogP contribution >= 0.6 is 0 Å². The highest BCUT2D eigenvalue weighted by molar-refractivity contribution is 5.81. The van der Waals surface area contributed by atoms with Gasteiger partial charge >= 0.3 is 12.1 Å². The van der Waals surface area contributed by atoms with Gasteiger partial charge in [-0.05, 0) is 51.8 Å². The second-order valence-electron chi connectivity index (χ2n) is 10.4. The predicted octanol–water partition coefficient (Wildman–Crippen LogP) is 3.67. The Morgan fingerprint density at radius 1 is 1.03 bits per heavy atom. The van der Waals surface area contributed by atoms with Gasteiger partial charge in [0.25, 0.3) is 0 Å². The lowest BCUT2D eigenvalue weighted by Crippen LogP contribution is -2.50. The zero-order chi connectivity index (χ0) is 25.4. The Balaban J connectivity index is 1.26. The van der Waals surface area contributed by atoms with Gasteiger partial charge in [0.05, 0.1) is 48.2 Å². The van der Waals surface area contributed by atoms with Gasteiger partial charge in [-0.1, -0.05) is 0 Å². The Morgan fingerprint density at radius 3 is 2.47 bits per heavy atom. The van der Waals surface area contributed by atoms with E-state index < -0.39 is 5.60 Å². The molecule has 1 saturated carbocycles. The largest absolute Gasteiger partial charge is 0.469 e. The number of anilines is 1. The van der Waals surface area contributed by atoms with E-state index in [2.05, 4.69) is 15.0 Å². The van der Waals surface area contributed by atoms with Crippen molar-refractivity contribution in [3.05, 3.63) is 36.8 Å². The summed E-state index contributed by atoms with van der Waals surface area (Å²) in [6.07, 6.45) is 6.73. The van der Waals surface area contributed by atoms with Crippen molar-refractivity contribution in [1.29, 1.82) is 0 Å². The smallest absolute Gasteiger partial charge is 0.410 e. The molecule has 1 saturated heterocycles. The lowest BCUT2D eigenvalue weighted by atomic mass is 9.80. The van der Waals surface area contributed by atoms with Crippen LogP contribution < -0.4 is 4.90 Å². The molecule has 190 valence electrons. The molecular weight excluding hydrogens is 460 g/mol. The van der Waals surface area contributed by atoms with Crippen LogP contribution in [0.5, 0.6) is 0 Å². The number of methoxy groups -OCH3 is 1. The van der Waals surface area contributed by atoms with Gasteiger partial charge in [-0.15, -0.1) is 0 Å². The Morgan fingerprint density at radius 2 is 1.78 bits per heavy atom. The van der Waals surface area contributed by atoms with Crippen molar-refractivity contribution in [3.63, 3.8) is 0 Å². The van der Waals surface area contributed by atoms with E-state index in [1.165, 1.54) is 7.11 Å². The number of ether oxygens (including phenoxy) is 2. The van der Waals surface area contributed by atoms with E-state index >= 15 is 0 Å². The zero-order valence-electron chi connectivity index (χ0n) is 21.2. The second kappa shape index (κ2) is 9.40. The van der Waals surface area contributed by atoms with Crippen LogP contribution in [0.15, 0.2) is 36.8 Å². The predicted molar refractivity (Wildman–Crippen MR) is 135 cm³/mol. The molecule has 2 aromatic heterocycles. The highest BCUT2D eigenvalue weighted by Crippen LogP contribution is 2.38. The van der Waals surface area contributed by atoms with Gasteiger partial charge in [-0.3, -0.25) is 14.5 Å². The van der Waals surface area contributed by atoms with Crippen molar-refractivity contribution < 1.29 is 19.1 Å². The van der Waals surface area contributed by atoms with Gasteiger partial charge in [0.1, 0.15) is 5.60 Å². The number of aromatic nitrogens is 4. The Kier molecular flexibility index (Phi) is 6.27. The number of carbonyl (C=O) groups is 2.